The molecule has 0 saturated carbocycles. The first-order valence-corrected chi connectivity index (χ1v) is 13.0. The molecule has 38 heavy (non-hydrogen) atoms. The highest BCUT2D eigenvalue weighted by Crippen LogP contribution is 2.40. The smallest absolute Gasteiger partial charge is 0.258 e. The molecule has 0 radical (unpaired) electrons. The van der Waals surface area contributed by atoms with Gasteiger partial charge in [-0.1, -0.05) is 76.1 Å². The molecule has 7 nitrogen and oxygen atoms in total. The van der Waals surface area contributed by atoms with Crippen molar-refractivity contribution in [3.63, 3.8) is 0 Å². The van der Waals surface area contributed by atoms with E-state index in [1.165, 1.54) is 12.1 Å². The van der Waals surface area contributed by atoms with Crippen molar-refractivity contribution in [2.24, 2.45) is 5.10 Å². The summed E-state index contributed by atoms with van der Waals surface area (Å²) in [7, 11) is 0. The van der Waals surface area contributed by atoms with Gasteiger partial charge in [-0.3, -0.25) is 10.1 Å². The number of nitro benzene ring substituents is 1. The molecule has 5 aromatic rings. The molecule has 0 spiro atoms. The molecule has 1 atom stereocenters. The zero-order valence-electron chi connectivity index (χ0n) is 19.8. The average Bonchev–Trinajstić information content (AvgIpc) is 3.38. The van der Waals surface area contributed by atoms with E-state index < -0.39 is 4.92 Å². The zero-order valence-corrected chi connectivity index (χ0v) is 22.2. The lowest BCUT2D eigenvalue weighted by molar-refractivity contribution is -0.384. The number of nitro groups is 1. The molecule has 186 valence electrons. The van der Waals surface area contributed by atoms with E-state index in [0.717, 1.165) is 43.5 Å². The van der Waals surface area contributed by atoms with Gasteiger partial charge in [-0.05, 0) is 47.5 Å². The molecule has 1 aliphatic heterocycles. The van der Waals surface area contributed by atoms with Crippen molar-refractivity contribution in [1.29, 1.82) is 0 Å². The van der Waals surface area contributed by atoms with E-state index in [2.05, 4.69) is 15.9 Å². The van der Waals surface area contributed by atoms with E-state index in [0.29, 0.717) is 17.4 Å². The summed E-state index contributed by atoms with van der Waals surface area (Å²) in [6, 6.07) is 29.7. The highest BCUT2D eigenvalue weighted by Gasteiger charge is 2.33. The number of rotatable bonds is 5. The Labute approximate surface area is 231 Å². The van der Waals surface area contributed by atoms with Crippen LogP contribution in [0.4, 0.5) is 11.6 Å². The van der Waals surface area contributed by atoms with Crippen molar-refractivity contribution < 1.29 is 4.92 Å². The van der Waals surface area contributed by atoms with E-state index in [-0.39, 0.29) is 11.7 Å². The van der Waals surface area contributed by atoms with Gasteiger partial charge in [0, 0.05) is 39.0 Å². The van der Waals surface area contributed by atoms with E-state index in [4.69, 9.17) is 26.7 Å². The van der Waals surface area contributed by atoms with Gasteiger partial charge in [-0.15, -0.1) is 0 Å². The third kappa shape index (κ3) is 4.53. The summed E-state index contributed by atoms with van der Waals surface area (Å²) in [5.74, 6) is 0.445. The second-order valence-electron chi connectivity index (χ2n) is 8.84. The molecule has 2 heterocycles. The maximum absolute atomic E-state index is 11.2. The molecule has 4 aromatic carbocycles. The predicted octanol–water partition coefficient (Wildman–Crippen LogP) is 7.98. The number of halogens is 2. The van der Waals surface area contributed by atoms with Gasteiger partial charge in [-0.2, -0.15) is 5.10 Å². The van der Waals surface area contributed by atoms with Gasteiger partial charge < -0.3 is 0 Å². The summed E-state index contributed by atoms with van der Waals surface area (Å²) in [6.45, 7) is 0. The second kappa shape index (κ2) is 9.96. The Bertz CT molecular complexity index is 1710. The third-order valence-electron chi connectivity index (χ3n) is 6.48. The van der Waals surface area contributed by atoms with Crippen LogP contribution in [0.15, 0.2) is 107 Å². The minimum absolute atomic E-state index is 0.0309. The number of hydrogen-bond donors (Lipinski definition) is 0. The first-order chi connectivity index (χ1) is 18.5. The molecule has 0 N–H and O–H groups in total. The second-order valence-corrected chi connectivity index (χ2v) is 10.2. The van der Waals surface area contributed by atoms with E-state index in [1.54, 1.807) is 12.1 Å². The number of aromatic nitrogens is 2. The molecule has 1 aliphatic rings. The lowest BCUT2D eigenvalue weighted by Crippen LogP contribution is -2.21. The minimum atomic E-state index is -0.411. The highest BCUT2D eigenvalue weighted by molar-refractivity contribution is 9.10. The van der Waals surface area contributed by atoms with Crippen LogP contribution in [-0.2, 0) is 0 Å². The Morgan fingerprint density at radius 1 is 0.895 bits per heavy atom. The van der Waals surface area contributed by atoms with Crippen LogP contribution in [0.5, 0.6) is 0 Å². The molecular weight excluding hydrogens is 566 g/mol. The number of fused-ring (bicyclic) bond motifs is 1. The van der Waals surface area contributed by atoms with Gasteiger partial charge in [0.25, 0.3) is 5.69 Å². The topological polar surface area (TPSA) is 84.5 Å². The van der Waals surface area contributed by atoms with Crippen LogP contribution < -0.4 is 5.01 Å². The first kappa shape index (κ1) is 24.2. The van der Waals surface area contributed by atoms with E-state index in [1.807, 2.05) is 77.8 Å². The molecule has 0 aliphatic carbocycles. The van der Waals surface area contributed by atoms with Crippen molar-refractivity contribution in [3.8, 4) is 11.3 Å². The first-order valence-electron chi connectivity index (χ1n) is 11.9. The monoisotopic (exact) mass is 583 g/mol. The molecule has 0 saturated heterocycles. The van der Waals surface area contributed by atoms with Gasteiger partial charge >= 0.3 is 0 Å². The molecule has 6 rings (SSSR count). The summed E-state index contributed by atoms with van der Waals surface area (Å²) in [6.07, 6.45) is 0.532. The Morgan fingerprint density at radius 2 is 1.63 bits per heavy atom. The molecule has 9 heteroatoms. The van der Waals surface area contributed by atoms with Crippen molar-refractivity contribution in [3.05, 3.63) is 128 Å². The van der Waals surface area contributed by atoms with Crippen LogP contribution in [0.1, 0.15) is 23.6 Å². The molecule has 0 unspecified atom stereocenters. The zero-order chi connectivity index (χ0) is 26.2. The number of anilines is 1. The van der Waals surface area contributed by atoms with Crippen molar-refractivity contribution >= 4 is 55.8 Å². The Balaban J connectivity index is 1.53. The van der Waals surface area contributed by atoms with Crippen LogP contribution in [0.2, 0.25) is 5.02 Å². The fourth-order valence-corrected chi connectivity index (χ4v) is 5.26. The number of hydrogen-bond acceptors (Lipinski definition) is 6. The summed E-state index contributed by atoms with van der Waals surface area (Å²) in [4.78, 5) is 20.7. The number of nitrogens with zero attached hydrogens (tertiary/aromatic N) is 5. The summed E-state index contributed by atoms with van der Waals surface area (Å²) in [5, 5.41) is 19.5. The van der Waals surface area contributed by atoms with Crippen LogP contribution >= 0.6 is 27.5 Å². The minimum Gasteiger partial charge on any atom is -0.258 e. The summed E-state index contributed by atoms with van der Waals surface area (Å²) < 4.78 is 0.937. The standard InChI is InChI=1S/C29H19BrClN5O2/c30-20-12-15-25-23(16-20)28(19-6-2-1-3-7-19)33-29(32-25)35-27(22-8-4-5-9-24(22)31)17-26(34-35)18-10-13-21(14-11-18)36(37)38/h1-16,27H,17H2/t27-/m0/s1. The summed E-state index contributed by atoms with van der Waals surface area (Å²) >= 11 is 10.2. The van der Waals surface area contributed by atoms with Gasteiger partial charge in [-0.25, -0.2) is 15.0 Å². The quantitative estimate of drug-likeness (QED) is 0.154. The van der Waals surface area contributed by atoms with Crippen molar-refractivity contribution in [2.45, 2.75) is 12.5 Å². The average molecular weight is 585 g/mol. The van der Waals surface area contributed by atoms with E-state index >= 15 is 0 Å². The Kier molecular flexibility index (Phi) is 6.35. The molecule has 1 aromatic heterocycles. The van der Waals surface area contributed by atoms with Gasteiger partial charge in [0.2, 0.25) is 5.95 Å². The summed E-state index contributed by atoms with van der Waals surface area (Å²) in [5.41, 5.74) is 5.04. The largest absolute Gasteiger partial charge is 0.269 e. The number of hydrazone groups is 1. The van der Waals surface area contributed by atoms with Gasteiger partial charge in [0.05, 0.1) is 27.9 Å². The maximum atomic E-state index is 11.2. The number of benzene rings is 4. The van der Waals surface area contributed by atoms with Crippen LogP contribution in [-0.4, -0.2) is 20.6 Å². The fraction of sp³-hybridized carbons (Fsp3) is 0.0690. The Morgan fingerprint density at radius 3 is 2.37 bits per heavy atom. The van der Waals surface area contributed by atoms with Crippen LogP contribution in [0.25, 0.3) is 22.2 Å². The van der Waals surface area contributed by atoms with Crippen LogP contribution in [0, 0.1) is 10.1 Å². The van der Waals surface area contributed by atoms with E-state index in [9.17, 15) is 10.1 Å². The van der Waals surface area contributed by atoms with Crippen LogP contribution in [0.3, 0.4) is 0 Å². The lowest BCUT2D eigenvalue weighted by atomic mass is 9.98. The Hall–Kier alpha value is -4.14. The van der Waals surface area contributed by atoms with Gasteiger partial charge in [0.1, 0.15) is 0 Å². The molecule has 0 amide bonds. The molecule has 0 bridgehead atoms. The predicted molar refractivity (Wildman–Crippen MR) is 154 cm³/mol. The highest BCUT2D eigenvalue weighted by atomic mass is 79.9. The van der Waals surface area contributed by atoms with Crippen molar-refractivity contribution in [2.75, 3.05) is 5.01 Å². The molecular formula is C29H19BrClN5O2. The maximum Gasteiger partial charge on any atom is 0.269 e. The molecule has 0 fully saturated rings. The van der Waals surface area contributed by atoms with Crippen molar-refractivity contribution in [1.82, 2.24) is 9.97 Å². The fourth-order valence-electron chi connectivity index (χ4n) is 4.64. The normalized spacial score (nSPS) is 15.1. The SMILES string of the molecule is O=[N+]([O-])c1ccc(C2=NN(c3nc(-c4ccccc4)c4cc(Br)ccc4n3)[C@H](c3ccccc3Cl)C2)cc1. The lowest BCUT2D eigenvalue weighted by Gasteiger charge is -2.23. The third-order valence-corrected chi connectivity index (χ3v) is 7.32. The van der Waals surface area contributed by atoms with Gasteiger partial charge in [0.15, 0.2) is 0 Å². The number of non-ortho nitro benzene ring substituents is 1.